The Hall–Kier alpha value is -2.18. The molecular weight excluding hydrogens is 346 g/mol. The van der Waals surface area contributed by atoms with Gasteiger partial charge < -0.3 is 15.5 Å². The number of quaternary nitrogens is 1. The molecule has 2 aromatic rings. The standard InChI is InChI=1S/C20H27N3O2S/c1-4-6-15-8-10-16(11-9-15)20(17-7-5-12-26-17)22-13-19(25)23(3)14-18(24)21-2/h5,7-12,20,22H,4,6,13-14H2,1-3H3,(H,21,24)/p+1/t20-/m1/s1. The van der Waals surface area contributed by atoms with Crippen LogP contribution in [0.25, 0.3) is 0 Å². The number of amides is 2. The molecule has 1 heterocycles. The maximum absolute atomic E-state index is 12.4. The van der Waals surface area contributed by atoms with Crippen LogP contribution in [-0.2, 0) is 16.0 Å². The minimum atomic E-state index is -0.165. The number of nitrogens with two attached hydrogens (primary N) is 1. The molecule has 0 aliphatic carbocycles. The number of thiophene rings is 1. The second kappa shape index (κ2) is 10.1. The minimum Gasteiger partial charge on any atom is -0.358 e. The predicted octanol–water partition coefficient (Wildman–Crippen LogP) is 1.56. The summed E-state index contributed by atoms with van der Waals surface area (Å²) in [4.78, 5) is 26.5. The van der Waals surface area contributed by atoms with Gasteiger partial charge in [0.25, 0.3) is 5.91 Å². The summed E-state index contributed by atoms with van der Waals surface area (Å²) < 4.78 is 0. The van der Waals surface area contributed by atoms with E-state index < -0.39 is 0 Å². The Morgan fingerprint density at radius 3 is 2.54 bits per heavy atom. The Bertz CT molecular complexity index is 698. The van der Waals surface area contributed by atoms with Crippen LogP contribution in [0, 0.1) is 0 Å². The highest BCUT2D eigenvalue weighted by atomic mass is 32.1. The van der Waals surface area contributed by atoms with Crippen LogP contribution in [0.15, 0.2) is 41.8 Å². The van der Waals surface area contributed by atoms with E-state index in [4.69, 9.17) is 0 Å². The van der Waals surface area contributed by atoms with E-state index in [1.165, 1.54) is 20.9 Å². The van der Waals surface area contributed by atoms with Crippen molar-refractivity contribution in [3.8, 4) is 0 Å². The molecule has 0 unspecified atom stereocenters. The zero-order valence-corrected chi connectivity index (χ0v) is 16.5. The summed E-state index contributed by atoms with van der Waals surface area (Å²) >= 11 is 1.69. The molecule has 0 aliphatic rings. The Balaban J connectivity index is 2.06. The molecule has 5 nitrogen and oxygen atoms in total. The molecule has 26 heavy (non-hydrogen) atoms. The maximum atomic E-state index is 12.4. The lowest BCUT2D eigenvalue weighted by molar-refractivity contribution is -0.676. The van der Waals surface area contributed by atoms with E-state index in [0.29, 0.717) is 6.54 Å². The summed E-state index contributed by atoms with van der Waals surface area (Å²) in [7, 11) is 3.23. The predicted molar refractivity (Wildman–Crippen MR) is 105 cm³/mol. The second-order valence-electron chi connectivity index (χ2n) is 6.35. The first-order chi connectivity index (χ1) is 12.5. The van der Waals surface area contributed by atoms with Gasteiger partial charge in [-0.3, -0.25) is 9.59 Å². The minimum absolute atomic E-state index is 0.0576. The van der Waals surface area contributed by atoms with Crippen molar-refractivity contribution in [1.82, 2.24) is 10.2 Å². The Morgan fingerprint density at radius 2 is 1.96 bits per heavy atom. The van der Waals surface area contributed by atoms with Gasteiger partial charge in [-0.05, 0) is 23.4 Å². The highest BCUT2D eigenvalue weighted by Crippen LogP contribution is 2.23. The average Bonchev–Trinajstić information content (AvgIpc) is 3.17. The molecule has 140 valence electrons. The van der Waals surface area contributed by atoms with E-state index in [1.54, 1.807) is 25.4 Å². The van der Waals surface area contributed by atoms with Gasteiger partial charge in [-0.1, -0.05) is 43.7 Å². The SMILES string of the molecule is CCCc1ccc([C@@H]([NH2+]CC(=O)N(C)CC(=O)NC)c2cccs2)cc1. The topological polar surface area (TPSA) is 66.0 Å². The van der Waals surface area contributed by atoms with Crippen LogP contribution in [0.4, 0.5) is 0 Å². The van der Waals surface area contributed by atoms with Crippen LogP contribution in [0.5, 0.6) is 0 Å². The molecule has 0 aliphatic heterocycles. The zero-order valence-electron chi connectivity index (χ0n) is 15.7. The summed E-state index contributed by atoms with van der Waals surface area (Å²) in [6.07, 6.45) is 2.21. The molecule has 0 saturated heterocycles. The van der Waals surface area contributed by atoms with Gasteiger partial charge in [-0.15, -0.1) is 11.3 Å². The molecule has 1 aromatic heterocycles. The smallest absolute Gasteiger partial charge is 0.277 e. The van der Waals surface area contributed by atoms with Crippen LogP contribution >= 0.6 is 11.3 Å². The van der Waals surface area contributed by atoms with Crippen molar-refractivity contribution in [1.29, 1.82) is 0 Å². The third-order valence-electron chi connectivity index (χ3n) is 4.34. The third kappa shape index (κ3) is 5.68. The molecule has 0 saturated carbocycles. The number of nitrogens with one attached hydrogen (secondary N) is 1. The van der Waals surface area contributed by atoms with Gasteiger partial charge in [-0.2, -0.15) is 0 Å². The fourth-order valence-electron chi connectivity index (χ4n) is 2.82. The number of aryl methyl sites for hydroxylation is 1. The number of nitrogens with zero attached hydrogens (tertiary/aromatic N) is 1. The number of rotatable bonds is 9. The van der Waals surface area contributed by atoms with Gasteiger partial charge in [0.05, 0.1) is 11.4 Å². The summed E-state index contributed by atoms with van der Waals surface area (Å²) in [5.41, 5.74) is 2.52. The average molecular weight is 375 g/mol. The van der Waals surface area contributed by atoms with Crippen molar-refractivity contribution in [2.24, 2.45) is 0 Å². The maximum Gasteiger partial charge on any atom is 0.277 e. The number of hydrogen-bond acceptors (Lipinski definition) is 3. The first-order valence-corrected chi connectivity index (χ1v) is 9.83. The molecule has 2 rings (SSSR count). The van der Waals surface area contributed by atoms with E-state index in [1.807, 2.05) is 11.4 Å². The van der Waals surface area contributed by atoms with E-state index in [-0.39, 0.29) is 24.4 Å². The van der Waals surface area contributed by atoms with Crippen LogP contribution in [0.3, 0.4) is 0 Å². The third-order valence-corrected chi connectivity index (χ3v) is 5.30. The fourth-order valence-corrected chi connectivity index (χ4v) is 3.67. The Morgan fingerprint density at radius 1 is 1.23 bits per heavy atom. The van der Waals surface area contributed by atoms with Crippen LogP contribution in [0.1, 0.15) is 35.4 Å². The summed E-state index contributed by atoms with van der Waals surface area (Å²) in [5, 5.41) is 6.64. The van der Waals surface area contributed by atoms with Gasteiger partial charge in [0.2, 0.25) is 5.91 Å². The van der Waals surface area contributed by atoms with Gasteiger partial charge in [0.15, 0.2) is 6.54 Å². The Labute approximate surface area is 159 Å². The molecule has 3 N–H and O–H groups in total. The van der Waals surface area contributed by atoms with Gasteiger partial charge >= 0.3 is 0 Å². The first kappa shape index (κ1) is 20.1. The molecule has 6 heteroatoms. The van der Waals surface area contributed by atoms with Crippen LogP contribution < -0.4 is 10.6 Å². The number of carbonyl (C=O) groups excluding carboxylic acids is 2. The fraction of sp³-hybridized carbons (Fsp3) is 0.400. The quantitative estimate of drug-likeness (QED) is 0.700. The summed E-state index contributed by atoms with van der Waals surface area (Å²) in [5.74, 6) is -0.222. The normalized spacial score (nSPS) is 11.8. The monoisotopic (exact) mass is 374 g/mol. The number of likely N-dealkylation sites (N-methyl/N-ethyl adjacent to an activating group) is 2. The van der Waals surface area contributed by atoms with Crippen LogP contribution in [0.2, 0.25) is 0 Å². The lowest BCUT2D eigenvalue weighted by atomic mass is 10.0. The van der Waals surface area contributed by atoms with Crippen molar-refractivity contribution >= 4 is 23.2 Å². The van der Waals surface area contributed by atoms with Crippen molar-refractivity contribution in [2.75, 3.05) is 27.2 Å². The van der Waals surface area contributed by atoms with Gasteiger partial charge in [-0.25, -0.2) is 0 Å². The van der Waals surface area contributed by atoms with Crippen LogP contribution in [-0.4, -0.2) is 43.9 Å². The van der Waals surface area contributed by atoms with Crippen molar-refractivity contribution in [3.05, 3.63) is 57.8 Å². The lowest BCUT2D eigenvalue weighted by Gasteiger charge is -2.19. The zero-order chi connectivity index (χ0) is 18.9. The molecule has 1 aromatic carbocycles. The van der Waals surface area contributed by atoms with Gasteiger partial charge in [0.1, 0.15) is 6.04 Å². The molecule has 2 amide bonds. The molecule has 0 bridgehead atoms. The van der Waals surface area contributed by atoms with Crippen molar-refractivity contribution in [2.45, 2.75) is 25.8 Å². The number of carbonyl (C=O) groups is 2. The van der Waals surface area contributed by atoms with E-state index in [0.717, 1.165) is 12.8 Å². The van der Waals surface area contributed by atoms with Crippen molar-refractivity contribution in [3.63, 3.8) is 0 Å². The van der Waals surface area contributed by atoms with Gasteiger partial charge in [0, 0.05) is 19.7 Å². The van der Waals surface area contributed by atoms with E-state index in [2.05, 4.69) is 48.0 Å². The largest absolute Gasteiger partial charge is 0.358 e. The molecular formula is C20H28N3O2S+. The van der Waals surface area contributed by atoms with E-state index >= 15 is 0 Å². The second-order valence-corrected chi connectivity index (χ2v) is 7.33. The van der Waals surface area contributed by atoms with E-state index in [9.17, 15) is 9.59 Å². The molecule has 1 atom stereocenters. The highest BCUT2D eigenvalue weighted by Gasteiger charge is 2.22. The molecule has 0 spiro atoms. The molecule has 0 fully saturated rings. The van der Waals surface area contributed by atoms with Crippen molar-refractivity contribution < 1.29 is 14.9 Å². The number of benzene rings is 1. The summed E-state index contributed by atoms with van der Waals surface area (Å²) in [6, 6.07) is 12.9. The highest BCUT2D eigenvalue weighted by molar-refractivity contribution is 7.10. The Kier molecular flexibility index (Phi) is 7.81. The lowest BCUT2D eigenvalue weighted by Crippen LogP contribution is -2.87. The number of hydrogen-bond donors (Lipinski definition) is 2. The summed E-state index contributed by atoms with van der Waals surface area (Å²) in [6.45, 7) is 2.56. The first-order valence-electron chi connectivity index (χ1n) is 8.95. The molecule has 0 radical (unpaired) electrons.